The van der Waals surface area contributed by atoms with Crippen molar-refractivity contribution in [3.8, 4) is 0 Å². The molecule has 0 aromatic carbocycles. The van der Waals surface area contributed by atoms with Gasteiger partial charge in [0.25, 0.3) is 0 Å². The summed E-state index contributed by atoms with van der Waals surface area (Å²) in [6, 6.07) is 0.303. The molecule has 1 aromatic rings. The largest absolute Gasteiger partial charge is 0.380 e. The van der Waals surface area contributed by atoms with Crippen LogP contribution < -0.4 is 5.32 Å². The Balaban J connectivity index is 2.39. The van der Waals surface area contributed by atoms with Gasteiger partial charge in [-0.15, -0.1) is 11.3 Å². The summed E-state index contributed by atoms with van der Waals surface area (Å²) in [6.45, 7) is 7.05. The molecule has 0 aliphatic heterocycles. The van der Waals surface area contributed by atoms with Crippen LogP contribution in [0.25, 0.3) is 0 Å². The molecule has 0 fully saturated rings. The summed E-state index contributed by atoms with van der Waals surface area (Å²) in [4.78, 5) is 4.43. The van der Waals surface area contributed by atoms with Crippen LogP contribution in [-0.2, 0) is 4.74 Å². The monoisotopic (exact) mass is 214 g/mol. The second kappa shape index (κ2) is 5.44. The van der Waals surface area contributed by atoms with Crippen LogP contribution in [0.5, 0.6) is 0 Å². The first-order valence-electron chi connectivity index (χ1n) is 4.81. The van der Waals surface area contributed by atoms with Crippen molar-refractivity contribution in [3.63, 3.8) is 0 Å². The Morgan fingerprint density at radius 2 is 2.29 bits per heavy atom. The summed E-state index contributed by atoms with van der Waals surface area (Å²) in [5, 5.41) is 6.60. The molecule has 0 aliphatic rings. The van der Waals surface area contributed by atoms with Gasteiger partial charge in [0, 0.05) is 25.1 Å². The summed E-state index contributed by atoms with van der Waals surface area (Å²) in [7, 11) is 1.73. The molecule has 3 nitrogen and oxygen atoms in total. The summed E-state index contributed by atoms with van der Waals surface area (Å²) in [5.41, 5.74) is 1.12. The predicted molar refractivity (Wildman–Crippen MR) is 59.7 cm³/mol. The second-order valence-corrected chi connectivity index (χ2v) is 4.53. The molecule has 2 atom stereocenters. The Labute approximate surface area is 89.5 Å². The molecule has 0 bridgehead atoms. The lowest BCUT2D eigenvalue weighted by molar-refractivity contribution is 0.114. The average molecular weight is 214 g/mol. The van der Waals surface area contributed by atoms with Crippen LogP contribution in [0.2, 0.25) is 0 Å². The van der Waals surface area contributed by atoms with Crippen LogP contribution in [0, 0.1) is 6.92 Å². The maximum Gasteiger partial charge on any atom is 0.0898 e. The van der Waals surface area contributed by atoms with Crippen molar-refractivity contribution in [1.29, 1.82) is 0 Å². The van der Waals surface area contributed by atoms with Gasteiger partial charge in [-0.25, -0.2) is 4.98 Å². The van der Waals surface area contributed by atoms with Crippen molar-refractivity contribution < 1.29 is 4.74 Å². The number of rotatable bonds is 5. The topological polar surface area (TPSA) is 34.1 Å². The van der Waals surface area contributed by atoms with Crippen molar-refractivity contribution >= 4 is 11.3 Å². The van der Waals surface area contributed by atoms with Crippen molar-refractivity contribution in [2.75, 3.05) is 13.7 Å². The number of aromatic nitrogens is 1. The third kappa shape index (κ3) is 3.36. The van der Waals surface area contributed by atoms with Gasteiger partial charge in [-0.2, -0.15) is 0 Å². The van der Waals surface area contributed by atoms with Gasteiger partial charge in [-0.1, -0.05) is 0 Å². The number of nitrogens with one attached hydrogen (secondary N) is 1. The van der Waals surface area contributed by atoms with E-state index in [-0.39, 0.29) is 6.10 Å². The van der Waals surface area contributed by atoms with Crippen molar-refractivity contribution in [3.05, 3.63) is 16.1 Å². The molecule has 1 heterocycles. The average Bonchev–Trinajstić information content (AvgIpc) is 2.60. The van der Waals surface area contributed by atoms with Gasteiger partial charge < -0.3 is 10.1 Å². The smallest absolute Gasteiger partial charge is 0.0898 e. The van der Waals surface area contributed by atoms with E-state index in [1.807, 2.05) is 13.8 Å². The number of thiazole rings is 1. The zero-order valence-electron chi connectivity index (χ0n) is 9.20. The summed E-state index contributed by atoms with van der Waals surface area (Å²) in [5.74, 6) is 0. The molecular formula is C10H18N2OS. The van der Waals surface area contributed by atoms with E-state index in [2.05, 4.69) is 22.6 Å². The summed E-state index contributed by atoms with van der Waals surface area (Å²) < 4.78 is 5.16. The van der Waals surface area contributed by atoms with Gasteiger partial charge in [-0.05, 0) is 20.8 Å². The molecule has 1 rings (SSSR count). The lowest BCUT2D eigenvalue weighted by Gasteiger charge is -2.15. The highest BCUT2D eigenvalue weighted by molar-refractivity contribution is 7.09. The molecule has 14 heavy (non-hydrogen) atoms. The Kier molecular flexibility index (Phi) is 4.51. The third-order valence-corrected chi connectivity index (χ3v) is 2.99. The first-order chi connectivity index (χ1) is 6.63. The standard InChI is InChI=1S/C10H18N2OS/c1-7(13-4)5-11-8(2)10-6-14-9(3)12-10/h6-8,11H,5H2,1-4H3. The first kappa shape index (κ1) is 11.6. The number of nitrogens with zero attached hydrogens (tertiary/aromatic N) is 1. The van der Waals surface area contributed by atoms with Crippen LogP contribution in [0.4, 0.5) is 0 Å². The third-order valence-electron chi connectivity index (χ3n) is 2.19. The molecule has 0 aliphatic carbocycles. The molecule has 2 unspecified atom stereocenters. The first-order valence-corrected chi connectivity index (χ1v) is 5.69. The van der Waals surface area contributed by atoms with Gasteiger partial charge in [0.1, 0.15) is 0 Å². The minimum Gasteiger partial charge on any atom is -0.380 e. The molecule has 1 aromatic heterocycles. The minimum atomic E-state index is 0.247. The van der Waals surface area contributed by atoms with Crippen LogP contribution in [-0.4, -0.2) is 24.7 Å². The van der Waals surface area contributed by atoms with Crippen LogP contribution in [0.15, 0.2) is 5.38 Å². The van der Waals surface area contributed by atoms with E-state index in [1.54, 1.807) is 18.4 Å². The molecule has 4 heteroatoms. The van der Waals surface area contributed by atoms with Crippen molar-refractivity contribution in [2.24, 2.45) is 0 Å². The van der Waals surface area contributed by atoms with E-state index < -0.39 is 0 Å². The van der Waals surface area contributed by atoms with E-state index in [4.69, 9.17) is 4.74 Å². The SMILES string of the molecule is COC(C)CNC(C)c1csc(C)n1. The van der Waals surface area contributed by atoms with Gasteiger partial charge in [0.2, 0.25) is 0 Å². The number of aryl methyl sites for hydroxylation is 1. The zero-order valence-corrected chi connectivity index (χ0v) is 10.0. The van der Waals surface area contributed by atoms with Crippen molar-refractivity contribution in [2.45, 2.75) is 32.9 Å². The quantitative estimate of drug-likeness (QED) is 0.815. The molecule has 0 saturated carbocycles. The van der Waals surface area contributed by atoms with E-state index in [0.29, 0.717) is 6.04 Å². The van der Waals surface area contributed by atoms with E-state index in [9.17, 15) is 0 Å². The summed E-state index contributed by atoms with van der Waals surface area (Å²) >= 11 is 1.69. The molecule has 80 valence electrons. The highest BCUT2D eigenvalue weighted by atomic mass is 32.1. The zero-order chi connectivity index (χ0) is 10.6. The van der Waals surface area contributed by atoms with Crippen LogP contribution in [0.3, 0.4) is 0 Å². The highest BCUT2D eigenvalue weighted by Crippen LogP contribution is 2.15. The maximum absolute atomic E-state index is 5.16. The molecule has 0 saturated heterocycles. The Bertz CT molecular complexity index is 275. The number of ether oxygens (including phenoxy) is 1. The van der Waals surface area contributed by atoms with E-state index in [0.717, 1.165) is 17.2 Å². The fourth-order valence-electron chi connectivity index (χ4n) is 1.11. The van der Waals surface area contributed by atoms with E-state index >= 15 is 0 Å². The van der Waals surface area contributed by atoms with Crippen LogP contribution >= 0.6 is 11.3 Å². The lowest BCUT2D eigenvalue weighted by atomic mass is 10.2. The number of hydrogen-bond donors (Lipinski definition) is 1. The molecule has 0 amide bonds. The van der Waals surface area contributed by atoms with E-state index in [1.165, 1.54) is 0 Å². The van der Waals surface area contributed by atoms with Crippen LogP contribution in [0.1, 0.15) is 30.6 Å². The fourth-order valence-corrected chi connectivity index (χ4v) is 1.82. The molecule has 0 radical (unpaired) electrons. The molecule has 0 spiro atoms. The molecular weight excluding hydrogens is 196 g/mol. The normalized spacial score (nSPS) is 15.4. The Hall–Kier alpha value is -0.450. The number of methoxy groups -OCH3 is 1. The van der Waals surface area contributed by atoms with Gasteiger partial charge in [-0.3, -0.25) is 0 Å². The summed E-state index contributed by atoms with van der Waals surface area (Å²) in [6.07, 6.45) is 0.247. The molecule has 1 N–H and O–H groups in total. The second-order valence-electron chi connectivity index (χ2n) is 3.47. The minimum absolute atomic E-state index is 0.247. The van der Waals surface area contributed by atoms with Gasteiger partial charge in [0.15, 0.2) is 0 Å². The van der Waals surface area contributed by atoms with Crippen molar-refractivity contribution in [1.82, 2.24) is 10.3 Å². The fraction of sp³-hybridized carbons (Fsp3) is 0.700. The predicted octanol–water partition coefficient (Wildman–Crippen LogP) is 2.14. The maximum atomic E-state index is 5.16. The van der Waals surface area contributed by atoms with Gasteiger partial charge >= 0.3 is 0 Å². The highest BCUT2D eigenvalue weighted by Gasteiger charge is 2.09. The lowest BCUT2D eigenvalue weighted by Crippen LogP contribution is -2.28. The Morgan fingerprint density at radius 1 is 1.57 bits per heavy atom. The number of hydrogen-bond acceptors (Lipinski definition) is 4. The Morgan fingerprint density at radius 3 is 2.79 bits per heavy atom. The van der Waals surface area contributed by atoms with Gasteiger partial charge in [0.05, 0.1) is 16.8 Å².